The highest BCUT2D eigenvalue weighted by Crippen LogP contribution is 2.33. The van der Waals surface area contributed by atoms with Crippen LogP contribution in [0.15, 0.2) is 78.5 Å². The lowest BCUT2D eigenvalue weighted by Crippen LogP contribution is -2.32. The Kier molecular flexibility index (Phi) is 5.78. The summed E-state index contributed by atoms with van der Waals surface area (Å²) in [7, 11) is 1.57. The highest BCUT2D eigenvalue weighted by Gasteiger charge is 2.39. The maximum absolute atomic E-state index is 13.4. The third-order valence-corrected chi connectivity index (χ3v) is 5.43. The van der Waals surface area contributed by atoms with Gasteiger partial charge in [-0.15, -0.1) is 0 Å². The Bertz CT molecular complexity index is 1190. The van der Waals surface area contributed by atoms with Crippen LogP contribution in [0.5, 0.6) is 5.75 Å². The van der Waals surface area contributed by atoms with Crippen LogP contribution in [0.25, 0.3) is 5.57 Å². The first kappa shape index (κ1) is 20.7. The number of anilines is 1. The standard InChI is InChI=1S/C25H21ClN2O3/c1-16-14-19(26)12-13-20(16)27-23-22(17-8-4-3-5-9-17)24(29)28(25(23)30)15-18-10-6-7-11-21(18)31-2/h3-14,27H,15H2,1-2H3. The van der Waals surface area contributed by atoms with Crippen LogP contribution in [0, 0.1) is 6.92 Å². The predicted octanol–water partition coefficient (Wildman–Crippen LogP) is 5.05. The number of benzene rings is 3. The first-order valence-electron chi connectivity index (χ1n) is 9.80. The van der Waals surface area contributed by atoms with Crippen LogP contribution in [0.2, 0.25) is 5.02 Å². The Morgan fingerprint density at radius 3 is 2.35 bits per heavy atom. The first-order chi connectivity index (χ1) is 15.0. The average Bonchev–Trinajstić information content (AvgIpc) is 3.00. The van der Waals surface area contributed by atoms with Gasteiger partial charge in [-0.2, -0.15) is 0 Å². The minimum atomic E-state index is -0.385. The van der Waals surface area contributed by atoms with Gasteiger partial charge >= 0.3 is 0 Å². The van der Waals surface area contributed by atoms with Gasteiger partial charge in [0.2, 0.25) is 0 Å². The minimum absolute atomic E-state index is 0.114. The van der Waals surface area contributed by atoms with E-state index in [1.165, 1.54) is 4.90 Å². The molecule has 0 aromatic heterocycles. The molecule has 1 aliphatic heterocycles. The number of nitrogens with one attached hydrogen (secondary N) is 1. The van der Waals surface area contributed by atoms with E-state index < -0.39 is 0 Å². The van der Waals surface area contributed by atoms with Crippen LogP contribution >= 0.6 is 11.6 Å². The van der Waals surface area contributed by atoms with Crippen LogP contribution in [0.1, 0.15) is 16.7 Å². The summed E-state index contributed by atoms with van der Waals surface area (Å²) < 4.78 is 5.40. The van der Waals surface area contributed by atoms with Crippen molar-refractivity contribution in [2.45, 2.75) is 13.5 Å². The number of para-hydroxylation sites is 1. The van der Waals surface area contributed by atoms with Crippen molar-refractivity contribution >= 4 is 34.7 Å². The third kappa shape index (κ3) is 4.05. The molecule has 2 amide bonds. The Labute approximate surface area is 185 Å². The minimum Gasteiger partial charge on any atom is -0.496 e. The van der Waals surface area contributed by atoms with Gasteiger partial charge in [-0.05, 0) is 42.3 Å². The predicted molar refractivity (Wildman–Crippen MR) is 122 cm³/mol. The van der Waals surface area contributed by atoms with Gasteiger partial charge in [0.15, 0.2) is 0 Å². The Hall–Kier alpha value is -3.57. The summed E-state index contributed by atoms with van der Waals surface area (Å²) in [6, 6.07) is 21.9. The van der Waals surface area contributed by atoms with Crippen molar-refractivity contribution in [3.05, 3.63) is 100 Å². The molecule has 1 heterocycles. The Morgan fingerprint density at radius 2 is 1.65 bits per heavy atom. The molecule has 3 aromatic carbocycles. The van der Waals surface area contributed by atoms with E-state index in [-0.39, 0.29) is 24.1 Å². The maximum atomic E-state index is 13.4. The topological polar surface area (TPSA) is 58.6 Å². The van der Waals surface area contributed by atoms with E-state index in [0.717, 1.165) is 11.1 Å². The molecule has 0 unspecified atom stereocenters. The molecule has 3 aromatic rings. The highest BCUT2D eigenvalue weighted by atomic mass is 35.5. The molecule has 1 N–H and O–H groups in total. The average molecular weight is 433 g/mol. The van der Waals surface area contributed by atoms with Crippen LogP contribution in [-0.4, -0.2) is 23.8 Å². The second kappa shape index (κ2) is 8.66. The maximum Gasteiger partial charge on any atom is 0.278 e. The van der Waals surface area contributed by atoms with Gasteiger partial charge in [-0.3, -0.25) is 14.5 Å². The summed E-state index contributed by atoms with van der Waals surface area (Å²) >= 11 is 6.07. The lowest BCUT2D eigenvalue weighted by atomic mass is 10.0. The van der Waals surface area contributed by atoms with E-state index in [4.69, 9.17) is 16.3 Å². The summed E-state index contributed by atoms with van der Waals surface area (Å²) in [5.74, 6) is -0.111. The number of amides is 2. The number of hydrogen-bond acceptors (Lipinski definition) is 4. The van der Waals surface area contributed by atoms with Crippen molar-refractivity contribution in [2.24, 2.45) is 0 Å². The van der Waals surface area contributed by atoms with Crippen molar-refractivity contribution < 1.29 is 14.3 Å². The van der Waals surface area contributed by atoms with E-state index in [1.807, 2.05) is 61.5 Å². The number of halogens is 1. The molecule has 6 heteroatoms. The van der Waals surface area contributed by atoms with Crippen LogP contribution in [0.4, 0.5) is 5.69 Å². The molecular weight excluding hydrogens is 412 g/mol. The molecule has 0 bridgehead atoms. The summed E-state index contributed by atoms with van der Waals surface area (Å²) in [5.41, 5.74) is 3.61. The van der Waals surface area contributed by atoms with Crippen molar-refractivity contribution in [1.82, 2.24) is 4.90 Å². The smallest absolute Gasteiger partial charge is 0.278 e. The number of ether oxygens (including phenoxy) is 1. The molecule has 0 atom stereocenters. The number of methoxy groups -OCH3 is 1. The zero-order valence-corrected chi connectivity index (χ0v) is 17.9. The van der Waals surface area contributed by atoms with Crippen molar-refractivity contribution in [3.63, 3.8) is 0 Å². The highest BCUT2D eigenvalue weighted by molar-refractivity contribution is 6.36. The van der Waals surface area contributed by atoms with Crippen molar-refractivity contribution in [2.75, 3.05) is 12.4 Å². The first-order valence-corrected chi connectivity index (χ1v) is 10.2. The monoisotopic (exact) mass is 432 g/mol. The second-order valence-electron chi connectivity index (χ2n) is 7.21. The van der Waals surface area contributed by atoms with E-state index in [9.17, 15) is 9.59 Å². The fourth-order valence-corrected chi connectivity index (χ4v) is 3.84. The van der Waals surface area contributed by atoms with Gasteiger partial charge in [0.1, 0.15) is 11.4 Å². The van der Waals surface area contributed by atoms with Gasteiger partial charge in [-0.1, -0.05) is 60.1 Å². The Morgan fingerprint density at radius 1 is 0.935 bits per heavy atom. The van der Waals surface area contributed by atoms with E-state index >= 15 is 0 Å². The molecular formula is C25H21ClN2O3. The number of imide groups is 1. The normalized spacial score (nSPS) is 13.7. The zero-order chi connectivity index (χ0) is 22.0. The number of hydrogen-bond donors (Lipinski definition) is 1. The van der Waals surface area contributed by atoms with Crippen molar-refractivity contribution in [3.8, 4) is 5.75 Å². The number of carbonyl (C=O) groups excluding carboxylic acids is 2. The van der Waals surface area contributed by atoms with Gasteiger partial charge in [0, 0.05) is 16.3 Å². The SMILES string of the molecule is COc1ccccc1CN1C(=O)C(Nc2ccc(Cl)cc2C)=C(c2ccccc2)C1=O. The number of nitrogens with zero attached hydrogens (tertiary/aromatic N) is 1. The number of carbonyl (C=O) groups is 2. The number of aryl methyl sites for hydroxylation is 1. The zero-order valence-electron chi connectivity index (χ0n) is 17.2. The van der Waals surface area contributed by atoms with Gasteiger partial charge in [-0.25, -0.2) is 0 Å². The summed E-state index contributed by atoms with van der Waals surface area (Å²) in [5, 5.41) is 3.79. The molecule has 0 aliphatic carbocycles. The Balaban J connectivity index is 1.75. The van der Waals surface area contributed by atoms with E-state index in [2.05, 4.69) is 5.32 Å². The summed E-state index contributed by atoms with van der Waals surface area (Å²) in [6.07, 6.45) is 0. The van der Waals surface area contributed by atoms with E-state index in [0.29, 0.717) is 27.6 Å². The molecule has 31 heavy (non-hydrogen) atoms. The fraction of sp³-hybridized carbons (Fsp3) is 0.120. The molecule has 0 fully saturated rings. The molecule has 156 valence electrons. The van der Waals surface area contributed by atoms with E-state index in [1.54, 1.807) is 25.3 Å². The molecule has 0 saturated heterocycles. The molecule has 0 radical (unpaired) electrons. The van der Waals surface area contributed by atoms with Gasteiger partial charge < -0.3 is 10.1 Å². The van der Waals surface area contributed by atoms with Crippen LogP contribution in [-0.2, 0) is 16.1 Å². The second-order valence-corrected chi connectivity index (χ2v) is 7.65. The molecule has 0 spiro atoms. The lowest BCUT2D eigenvalue weighted by molar-refractivity contribution is -0.137. The lowest BCUT2D eigenvalue weighted by Gasteiger charge is -2.17. The molecule has 1 aliphatic rings. The number of rotatable bonds is 6. The van der Waals surface area contributed by atoms with Crippen LogP contribution in [0.3, 0.4) is 0 Å². The molecule has 5 nitrogen and oxygen atoms in total. The van der Waals surface area contributed by atoms with Crippen molar-refractivity contribution in [1.29, 1.82) is 0 Å². The molecule has 4 rings (SSSR count). The van der Waals surface area contributed by atoms with Gasteiger partial charge in [0.25, 0.3) is 11.8 Å². The summed E-state index contributed by atoms with van der Waals surface area (Å²) in [4.78, 5) is 28.1. The van der Waals surface area contributed by atoms with Crippen LogP contribution < -0.4 is 10.1 Å². The molecule has 0 saturated carbocycles. The third-order valence-electron chi connectivity index (χ3n) is 5.20. The fourth-order valence-electron chi connectivity index (χ4n) is 3.61. The van der Waals surface area contributed by atoms with Gasteiger partial charge in [0.05, 0.1) is 19.2 Å². The summed E-state index contributed by atoms with van der Waals surface area (Å²) in [6.45, 7) is 2.01. The largest absolute Gasteiger partial charge is 0.496 e. The quantitative estimate of drug-likeness (QED) is 0.554.